The monoisotopic (exact) mass is 1320 g/mol. The Kier molecular flexibility index (Phi) is 63.0. The Bertz CT molecular complexity index is 1740. The predicted octanol–water partition coefficient (Wildman–Crippen LogP) is 20.5. The molecule has 5 atom stereocenters. The number of phosphoric acid groups is 2. The van der Waals surface area contributed by atoms with Crippen LogP contribution in [0.15, 0.2) is 0 Å². The molecule has 534 valence electrons. The van der Waals surface area contributed by atoms with Gasteiger partial charge in [-0.1, -0.05) is 317 Å². The standard InChI is InChI=1S/C71H138O17P2/c1-6-9-12-15-17-19-21-23-24-29-32-36-40-45-50-55-69(74)82-61-67(88-71(76)57-52-47-42-38-34-30-26-25-28-31-35-39-44-48-53-64(4)5)63-86-90(79,80)84-59-65(72)58-83-89(77,78)85-62-66(60-81-68(73)54-49-43-14-11-8-3)87-70(75)56-51-46-41-37-33-27-22-20-18-16-13-10-7-2/h64-67,72H,6-63H2,1-5H3,(H,77,78)(H,79,80)/t65-,66+,67+/m0/s1. The van der Waals surface area contributed by atoms with Gasteiger partial charge in [0.1, 0.15) is 19.3 Å². The van der Waals surface area contributed by atoms with Crippen molar-refractivity contribution in [2.45, 2.75) is 387 Å². The zero-order valence-electron chi connectivity index (χ0n) is 58.3. The smallest absolute Gasteiger partial charge is 0.462 e. The molecule has 2 unspecified atom stereocenters. The van der Waals surface area contributed by atoms with E-state index in [0.29, 0.717) is 25.7 Å². The Labute approximate surface area is 549 Å². The Hall–Kier alpha value is -1.94. The summed E-state index contributed by atoms with van der Waals surface area (Å²) >= 11 is 0. The predicted molar refractivity (Wildman–Crippen MR) is 363 cm³/mol. The van der Waals surface area contributed by atoms with E-state index in [2.05, 4.69) is 34.6 Å². The van der Waals surface area contributed by atoms with Crippen LogP contribution in [-0.4, -0.2) is 96.7 Å². The Balaban J connectivity index is 5.15. The number of aliphatic hydroxyl groups excluding tert-OH is 1. The van der Waals surface area contributed by atoms with Gasteiger partial charge in [0.2, 0.25) is 0 Å². The second kappa shape index (κ2) is 64.4. The van der Waals surface area contributed by atoms with Crippen molar-refractivity contribution < 1.29 is 80.2 Å². The number of ether oxygens (including phenoxy) is 4. The molecule has 17 nitrogen and oxygen atoms in total. The van der Waals surface area contributed by atoms with Crippen molar-refractivity contribution in [3.63, 3.8) is 0 Å². The van der Waals surface area contributed by atoms with Crippen molar-refractivity contribution >= 4 is 39.5 Å². The van der Waals surface area contributed by atoms with Crippen molar-refractivity contribution in [1.82, 2.24) is 0 Å². The first kappa shape index (κ1) is 88.1. The molecule has 0 saturated carbocycles. The molecule has 19 heteroatoms. The number of rotatable bonds is 71. The van der Waals surface area contributed by atoms with Gasteiger partial charge in [-0.15, -0.1) is 0 Å². The van der Waals surface area contributed by atoms with Crippen LogP contribution in [0.4, 0.5) is 0 Å². The first-order valence-corrected chi connectivity index (χ1v) is 40.1. The molecule has 3 N–H and O–H groups in total. The number of hydrogen-bond donors (Lipinski definition) is 3. The molecule has 0 aromatic carbocycles. The van der Waals surface area contributed by atoms with Crippen LogP contribution in [0, 0.1) is 5.92 Å². The van der Waals surface area contributed by atoms with E-state index in [-0.39, 0.29) is 25.7 Å². The lowest BCUT2D eigenvalue weighted by Gasteiger charge is -2.21. The zero-order chi connectivity index (χ0) is 66.3. The summed E-state index contributed by atoms with van der Waals surface area (Å²) in [5.41, 5.74) is 0. The topological polar surface area (TPSA) is 237 Å². The van der Waals surface area contributed by atoms with Gasteiger partial charge in [0, 0.05) is 25.7 Å². The third-order valence-corrected chi connectivity index (χ3v) is 18.4. The van der Waals surface area contributed by atoms with Crippen LogP contribution in [0.25, 0.3) is 0 Å². The first-order chi connectivity index (χ1) is 43.5. The van der Waals surface area contributed by atoms with Crippen LogP contribution in [0.2, 0.25) is 0 Å². The second-order valence-electron chi connectivity index (χ2n) is 26.1. The van der Waals surface area contributed by atoms with Gasteiger partial charge in [0.05, 0.1) is 26.4 Å². The van der Waals surface area contributed by atoms with Gasteiger partial charge in [0.15, 0.2) is 12.2 Å². The highest BCUT2D eigenvalue weighted by Gasteiger charge is 2.30. The molecule has 0 aliphatic heterocycles. The molecule has 0 saturated heterocycles. The molecular formula is C71H138O17P2. The molecule has 90 heavy (non-hydrogen) atoms. The van der Waals surface area contributed by atoms with E-state index in [1.54, 1.807) is 0 Å². The molecule has 0 spiro atoms. The van der Waals surface area contributed by atoms with Crippen LogP contribution < -0.4 is 0 Å². The van der Waals surface area contributed by atoms with E-state index in [1.807, 2.05) is 0 Å². The van der Waals surface area contributed by atoms with Crippen molar-refractivity contribution in [2.75, 3.05) is 39.6 Å². The molecule has 0 amide bonds. The maximum absolute atomic E-state index is 13.0. The summed E-state index contributed by atoms with van der Waals surface area (Å²) in [6.07, 6.45) is 51.6. The van der Waals surface area contributed by atoms with Crippen molar-refractivity contribution in [2.24, 2.45) is 5.92 Å². The van der Waals surface area contributed by atoms with Crippen LogP contribution in [-0.2, 0) is 65.4 Å². The highest BCUT2D eigenvalue weighted by Crippen LogP contribution is 2.45. The highest BCUT2D eigenvalue weighted by atomic mass is 31.2. The Morgan fingerprint density at radius 1 is 0.300 bits per heavy atom. The van der Waals surface area contributed by atoms with E-state index >= 15 is 0 Å². The number of hydrogen-bond acceptors (Lipinski definition) is 15. The maximum Gasteiger partial charge on any atom is 0.472 e. The van der Waals surface area contributed by atoms with Gasteiger partial charge >= 0.3 is 39.5 Å². The van der Waals surface area contributed by atoms with E-state index in [0.717, 1.165) is 102 Å². The van der Waals surface area contributed by atoms with Gasteiger partial charge in [-0.25, -0.2) is 9.13 Å². The third kappa shape index (κ3) is 64.8. The quantitative estimate of drug-likeness (QED) is 0.0222. The number of phosphoric ester groups is 2. The van der Waals surface area contributed by atoms with Gasteiger partial charge in [-0.05, 0) is 31.6 Å². The molecule has 0 fully saturated rings. The van der Waals surface area contributed by atoms with Gasteiger partial charge in [0.25, 0.3) is 0 Å². The number of esters is 4. The fourth-order valence-electron chi connectivity index (χ4n) is 10.8. The van der Waals surface area contributed by atoms with Crippen LogP contribution in [0.3, 0.4) is 0 Å². The zero-order valence-corrected chi connectivity index (χ0v) is 60.1. The summed E-state index contributed by atoms with van der Waals surface area (Å²) in [5.74, 6) is -1.33. The molecular weight excluding hydrogens is 1190 g/mol. The average molecular weight is 1330 g/mol. The summed E-state index contributed by atoms with van der Waals surface area (Å²) in [4.78, 5) is 72.3. The fourth-order valence-corrected chi connectivity index (χ4v) is 12.4. The van der Waals surface area contributed by atoms with Crippen molar-refractivity contribution in [3.8, 4) is 0 Å². The van der Waals surface area contributed by atoms with Crippen LogP contribution in [0.1, 0.15) is 369 Å². The summed E-state index contributed by atoms with van der Waals surface area (Å²) in [6.45, 7) is 7.20. The van der Waals surface area contributed by atoms with Gasteiger partial charge < -0.3 is 33.8 Å². The average Bonchev–Trinajstić information content (AvgIpc) is 2.81. The van der Waals surface area contributed by atoms with Crippen LogP contribution >= 0.6 is 15.6 Å². The number of carbonyl (C=O) groups excluding carboxylic acids is 4. The van der Waals surface area contributed by atoms with Gasteiger partial charge in [-0.3, -0.25) is 37.3 Å². The second-order valence-corrected chi connectivity index (χ2v) is 29.0. The normalized spacial score (nSPS) is 14.1. The minimum Gasteiger partial charge on any atom is -0.462 e. The van der Waals surface area contributed by atoms with Crippen LogP contribution in [0.5, 0.6) is 0 Å². The van der Waals surface area contributed by atoms with Crippen molar-refractivity contribution in [3.05, 3.63) is 0 Å². The van der Waals surface area contributed by atoms with Gasteiger partial charge in [-0.2, -0.15) is 0 Å². The number of carbonyl (C=O) groups is 4. The molecule has 0 rings (SSSR count). The third-order valence-electron chi connectivity index (χ3n) is 16.5. The Morgan fingerprint density at radius 3 is 0.756 bits per heavy atom. The molecule has 0 aliphatic carbocycles. The van der Waals surface area contributed by atoms with E-state index in [9.17, 15) is 43.2 Å². The number of aliphatic hydroxyl groups is 1. The molecule has 0 heterocycles. The largest absolute Gasteiger partial charge is 0.472 e. The lowest BCUT2D eigenvalue weighted by Crippen LogP contribution is -2.30. The summed E-state index contributed by atoms with van der Waals surface area (Å²) < 4.78 is 68.1. The lowest BCUT2D eigenvalue weighted by molar-refractivity contribution is -0.161. The summed E-state index contributed by atoms with van der Waals surface area (Å²) in [5, 5.41) is 10.6. The Morgan fingerprint density at radius 2 is 0.511 bits per heavy atom. The molecule has 0 aliphatic rings. The fraction of sp³-hybridized carbons (Fsp3) is 0.944. The highest BCUT2D eigenvalue weighted by molar-refractivity contribution is 7.47. The van der Waals surface area contributed by atoms with E-state index < -0.39 is 97.5 Å². The maximum atomic E-state index is 13.0. The summed E-state index contributed by atoms with van der Waals surface area (Å²) in [6, 6.07) is 0. The lowest BCUT2D eigenvalue weighted by atomic mass is 10.0. The minimum atomic E-state index is -4.95. The molecule has 0 aromatic heterocycles. The molecule has 0 radical (unpaired) electrons. The number of unbranched alkanes of at least 4 members (excludes halogenated alkanes) is 43. The minimum absolute atomic E-state index is 0.107. The molecule has 0 bridgehead atoms. The van der Waals surface area contributed by atoms with E-state index in [1.165, 1.54) is 186 Å². The summed E-state index contributed by atoms with van der Waals surface area (Å²) in [7, 11) is -9.89. The SMILES string of the molecule is CCCCCCCCCCCCCCCCCC(=O)OC[C@H](COP(=O)(O)OC[C@@H](O)COP(=O)(O)OC[C@@H](COC(=O)CCCCCCC)OC(=O)CCCCCCCCCCCCCCC)OC(=O)CCCCCCCCCCCCCCCCC(C)C. The van der Waals surface area contributed by atoms with Crippen molar-refractivity contribution in [1.29, 1.82) is 0 Å². The molecule has 0 aromatic rings. The van der Waals surface area contributed by atoms with E-state index in [4.69, 9.17) is 37.0 Å². The first-order valence-electron chi connectivity index (χ1n) is 37.1.